The SMILES string of the molecule is COc1cc(C(=O)Nc2c(-c3ccc(Br)cc3)c(C)nn2C)cc(OC)c1C. The largest absolute Gasteiger partial charge is 0.496 e. The number of benzene rings is 2. The van der Waals surface area contributed by atoms with E-state index in [0.717, 1.165) is 26.9 Å². The number of carbonyl (C=O) groups excluding carboxylic acids is 1. The zero-order chi connectivity index (χ0) is 20.4. The highest BCUT2D eigenvalue weighted by Gasteiger charge is 2.20. The number of nitrogens with zero attached hydrogens (tertiary/aromatic N) is 2. The van der Waals surface area contributed by atoms with Crippen LogP contribution in [0.5, 0.6) is 11.5 Å². The first-order chi connectivity index (χ1) is 13.3. The Hall–Kier alpha value is -2.80. The van der Waals surface area contributed by atoms with Crippen LogP contribution in [0.3, 0.4) is 0 Å². The first kappa shape index (κ1) is 19.9. The fourth-order valence-electron chi connectivity index (χ4n) is 3.16. The van der Waals surface area contributed by atoms with Gasteiger partial charge < -0.3 is 14.8 Å². The van der Waals surface area contributed by atoms with Gasteiger partial charge in [0, 0.05) is 28.2 Å². The van der Waals surface area contributed by atoms with E-state index in [1.165, 1.54) is 0 Å². The van der Waals surface area contributed by atoms with E-state index in [1.807, 2.05) is 38.1 Å². The summed E-state index contributed by atoms with van der Waals surface area (Å²) in [4.78, 5) is 13.0. The van der Waals surface area contributed by atoms with Crippen LogP contribution in [0.1, 0.15) is 21.6 Å². The van der Waals surface area contributed by atoms with Gasteiger partial charge in [-0.3, -0.25) is 9.48 Å². The molecule has 3 aromatic rings. The van der Waals surface area contributed by atoms with Crippen molar-refractivity contribution >= 4 is 27.7 Å². The van der Waals surface area contributed by atoms with E-state index in [-0.39, 0.29) is 5.91 Å². The Morgan fingerprint density at radius 3 is 2.18 bits per heavy atom. The van der Waals surface area contributed by atoms with E-state index in [0.29, 0.717) is 22.9 Å². The monoisotopic (exact) mass is 443 g/mol. The number of methoxy groups -OCH3 is 2. The molecule has 1 amide bonds. The van der Waals surface area contributed by atoms with Crippen LogP contribution in [0, 0.1) is 13.8 Å². The Labute approximate surface area is 172 Å². The maximum Gasteiger partial charge on any atom is 0.257 e. The lowest BCUT2D eigenvalue weighted by Crippen LogP contribution is -2.15. The molecule has 0 bridgehead atoms. The summed E-state index contributed by atoms with van der Waals surface area (Å²) in [6.45, 7) is 3.81. The van der Waals surface area contributed by atoms with Crippen molar-refractivity contribution in [3.05, 3.63) is 57.7 Å². The Kier molecular flexibility index (Phi) is 5.74. The Balaban J connectivity index is 2.01. The summed E-state index contributed by atoms with van der Waals surface area (Å²) >= 11 is 3.45. The van der Waals surface area contributed by atoms with Crippen molar-refractivity contribution in [1.29, 1.82) is 0 Å². The van der Waals surface area contributed by atoms with E-state index in [9.17, 15) is 4.79 Å². The molecule has 0 unspecified atom stereocenters. The van der Waals surface area contributed by atoms with Gasteiger partial charge in [-0.15, -0.1) is 0 Å². The summed E-state index contributed by atoms with van der Waals surface area (Å²) < 4.78 is 13.4. The van der Waals surface area contributed by atoms with E-state index >= 15 is 0 Å². The molecule has 0 aliphatic carbocycles. The molecule has 146 valence electrons. The van der Waals surface area contributed by atoms with Gasteiger partial charge in [0.1, 0.15) is 17.3 Å². The normalized spacial score (nSPS) is 10.6. The molecule has 1 N–H and O–H groups in total. The lowest BCUT2D eigenvalue weighted by atomic mass is 10.1. The number of halogens is 1. The zero-order valence-corrected chi connectivity index (χ0v) is 18.0. The third kappa shape index (κ3) is 3.75. The molecule has 7 heteroatoms. The second-order valence-electron chi connectivity index (χ2n) is 6.40. The van der Waals surface area contributed by atoms with Crippen LogP contribution in [-0.2, 0) is 7.05 Å². The number of hydrogen-bond donors (Lipinski definition) is 1. The van der Waals surface area contributed by atoms with Gasteiger partial charge in [0.15, 0.2) is 0 Å². The fourth-order valence-corrected chi connectivity index (χ4v) is 3.42. The minimum atomic E-state index is -0.266. The van der Waals surface area contributed by atoms with Crippen molar-refractivity contribution in [3.8, 4) is 22.6 Å². The second kappa shape index (κ2) is 8.06. The van der Waals surface area contributed by atoms with Gasteiger partial charge >= 0.3 is 0 Å². The van der Waals surface area contributed by atoms with Gasteiger partial charge in [-0.1, -0.05) is 28.1 Å². The highest BCUT2D eigenvalue weighted by atomic mass is 79.9. The van der Waals surface area contributed by atoms with Crippen LogP contribution in [0.15, 0.2) is 40.9 Å². The summed E-state index contributed by atoms with van der Waals surface area (Å²) in [6, 6.07) is 11.3. The summed E-state index contributed by atoms with van der Waals surface area (Å²) in [7, 11) is 4.94. The second-order valence-corrected chi connectivity index (χ2v) is 7.32. The minimum Gasteiger partial charge on any atom is -0.496 e. The molecule has 2 aromatic carbocycles. The molecule has 0 radical (unpaired) electrons. The lowest BCUT2D eigenvalue weighted by Gasteiger charge is -2.13. The number of ether oxygens (including phenoxy) is 2. The molecular formula is C21H22BrN3O3. The fraction of sp³-hybridized carbons (Fsp3) is 0.238. The highest BCUT2D eigenvalue weighted by molar-refractivity contribution is 9.10. The molecule has 0 spiro atoms. The maximum absolute atomic E-state index is 13.0. The predicted octanol–water partition coefficient (Wildman–Crippen LogP) is 4.74. The quantitative estimate of drug-likeness (QED) is 0.618. The number of rotatable bonds is 5. The number of hydrogen-bond acceptors (Lipinski definition) is 4. The van der Waals surface area contributed by atoms with Crippen LogP contribution < -0.4 is 14.8 Å². The Morgan fingerprint density at radius 2 is 1.64 bits per heavy atom. The van der Waals surface area contributed by atoms with Crippen LogP contribution >= 0.6 is 15.9 Å². The van der Waals surface area contributed by atoms with Crippen molar-refractivity contribution in [1.82, 2.24) is 9.78 Å². The highest BCUT2D eigenvalue weighted by Crippen LogP contribution is 2.33. The van der Waals surface area contributed by atoms with E-state index in [2.05, 4.69) is 26.3 Å². The molecule has 3 rings (SSSR count). The summed E-state index contributed by atoms with van der Waals surface area (Å²) in [5.41, 5.74) is 3.98. The van der Waals surface area contributed by atoms with Crippen molar-refractivity contribution in [2.45, 2.75) is 13.8 Å². The van der Waals surface area contributed by atoms with Gasteiger partial charge in [-0.2, -0.15) is 5.10 Å². The summed E-state index contributed by atoms with van der Waals surface area (Å²) in [5.74, 6) is 1.55. The van der Waals surface area contributed by atoms with Gasteiger partial charge in [0.25, 0.3) is 5.91 Å². The van der Waals surface area contributed by atoms with Gasteiger partial charge in [-0.05, 0) is 43.7 Å². The smallest absolute Gasteiger partial charge is 0.257 e. The first-order valence-electron chi connectivity index (χ1n) is 8.69. The number of anilines is 1. The van der Waals surface area contributed by atoms with Gasteiger partial charge in [-0.25, -0.2) is 0 Å². The third-order valence-electron chi connectivity index (χ3n) is 4.60. The van der Waals surface area contributed by atoms with Crippen molar-refractivity contribution in [2.75, 3.05) is 19.5 Å². The lowest BCUT2D eigenvalue weighted by molar-refractivity contribution is 0.102. The molecule has 1 heterocycles. The number of nitrogens with one attached hydrogen (secondary N) is 1. The zero-order valence-electron chi connectivity index (χ0n) is 16.5. The Morgan fingerprint density at radius 1 is 1.07 bits per heavy atom. The van der Waals surface area contributed by atoms with Gasteiger partial charge in [0.2, 0.25) is 0 Å². The molecule has 0 saturated heterocycles. The van der Waals surface area contributed by atoms with Gasteiger partial charge in [0.05, 0.1) is 19.9 Å². The molecule has 28 heavy (non-hydrogen) atoms. The molecule has 0 aliphatic heterocycles. The standard InChI is InChI=1S/C21H22BrN3O3/c1-12-17(27-4)10-15(11-18(12)28-5)21(26)23-20-19(13(2)24-25(20)3)14-6-8-16(22)9-7-14/h6-11H,1-5H3,(H,23,26). The minimum absolute atomic E-state index is 0.266. The number of aromatic nitrogens is 2. The molecule has 1 aromatic heterocycles. The van der Waals surface area contributed by atoms with E-state index in [4.69, 9.17) is 9.47 Å². The molecule has 0 atom stereocenters. The Bertz CT molecular complexity index is 1000. The number of aryl methyl sites for hydroxylation is 2. The van der Waals surface area contributed by atoms with Crippen molar-refractivity contribution < 1.29 is 14.3 Å². The van der Waals surface area contributed by atoms with Crippen LogP contribution in [0.4, 0.5) is 5.82 Å². The number of amides is 1. The maximum atomic E-state index is 13.0. The molecule has 0 saturated carbocycles. The van der Waals surface area contributed by atoms with Crippen LogP contribution in [0.2, 0.25) is 0 Å². The molecule has 0 fully saturated rings. The van der Waals surface area contributed by atoms with E-state index in [1.54, 1.807) is 38.1 Å². The van der Waals surface area contributed by atoms with Crippen LogP contribution in [0.25, 0.3) is 11.1 Å². The summed E-state index contributed by atoms with van der Waals surface area (Å²) in [6.07, 6.45) is 0. The summed E-state index contributed by atoms with van der Waals surface area (Å²) in [5, 5.41) is 7.47. The number of carbonyl (C=O) groups is 1. The van der Waals surface area contributed by atoms with Crippen LogP contribution in [-0.4, -0.2) is 29.9 Å². The molecule has 6 nitrogen and oxygen atoms in total. The van der Waals surface area contributed by atoms with E-state index < -0.39 is 0 Å². The topological polar surface area (TPSA) is 65.4 Å². The average molecular weight is 444 g/mol. The van der Waals surface area contributed by atoms with Crippen molar-refractivity contribution in [2.24, 2.45) is 7.05 Å². The average Bonchev–Trinajstić information content (AvgIpc) is 2.95. The first-order valence-corrected chi connectivity index (χ1v) is 9.48. The molecular weight excluding hydrogens is 422 g/mol. The third-order valence-corrected chi connectivity index (χ3v) is 5.13. The molecule has 0 aliphatic rings. The predicted molar refractivity (Wildman–Crippen MR) is 113 cm³/mol. The van der Waals surface area contributed by atoms with Crippen molar-refractivity contribution in [3.63, 3.8) is 0 Å².